The van der Waals surface area contributed by atoms with Crippen molar-refractivity contribution in [2.75, 3.05) is 11.9 Å². The van der Waals surface area contributed by atoms with Gasteiger partial charge in [-0.25, -0.2) is 0 Å². The van der Waals surface area contributed by atoms with Crippen LogP contribution in [0.15, 0.2) is 48.5 Å². The number of anilines is 1. The Labute approximate surface area is 126 Å². The molecule has 2 aromatic rings. The number of thiocarbonyl (C=S) groups is 1. The van der Waals surface area contributed by atoms with Crippen molar-refractivity contribution < 1.29 is 0 Å². The van der Waals surface area contributed by atoms with Crippen LogP contribution in [0.2, 0.25) is 0 Å². The Hall–Kier alpha value is -1.87. The summed E-state index contributed by atoms with van der Waals surface area (Å²) in [5.41, 5.74) is 4.81. The summed E-state index contributed by atoms with van der Waals surface area (Å²) < 4.78 is 0. The number of rotatable bonds is 4. The summed E-state index contributed by atoms with van der Waals surface area (Å²) in [6.45, 7) is 4.99. The van der Waals surface area contributed by atoms with E-state index in [-0.39, 0.29) is 0 Å². The van der Waals surface area contributed by atoms with Gasteiger partial charge in [0.2, 0.25) is 0 Å². The van der Waals surface area contributed by atoms with Gasteiger partial charge in [0.05, 0.1) is 0 Å². The predicted octanol–water partition coefficient (Wildman–Crippen LogP) is 3.83. The largest absolute Gasteiger partial charge is 0.362 e. The van der Waals surface area contributed by atoms with E-state index >= 15 is 0 Å². The zero-order valence-corrected chi connectivity index (χ0v) is 12.8. The fraction of sp³-hybridized carbons (Fsp3) is 0.235. The van der Waals surface area contributed by atoms with Crippen molar-refractivity contribution >= 4 is 23.0 Å². The summed E-state index contributed by atoms with van der Waals surface area (Å²) in [6.07, 6.45) is 0.968. The Bertz CT molecular complexity index is 579. The van der Waals surface area contributed by atoms with Gasteiger partial charge in [-0.1, -0.05) is 42.5 Å². The molecule has 0 amide bonds. The first kappa shape index (κ1) is 14.5. The van der Waals surface area contributed by atoms with Crippen molar-refractivity contribution in [3.05, 3.63) is 65.2 Å². The molecule has 0 fully saturated rings. The number of hydrogen-bond donors (Lipinski definition) is 2. The molecule has 0 aliphatic carbocycles. The van der Waals surface area contributed by atoms with E-state index in [1.807, 2.05) is 6.07 Å². The Morgan fingerprint density at radius 1 is 1.05 bits per heavy atom. The van der Waals surface area contributed by atoms with E-state index in [2.05, 4.69) is 66.9 Å². The molecule has 0 spiro atoms. The fourth-order valence-electron chi connectivity index (χ4n) is 2.00. The molecule has 0 aromatic heterocycles. The summed E-state index contributed by atoms with van der Waals surface area (Å²) in [5, 5.41) is 7.18. The topological polar surface area (TPSA) is 24.1 Å². The first-order valence-corrected chi connectivity index (χ1v) is 7.22. The summed E-state index contributed by atoms with van der Waals surface area (Å²) in [5.74, 6) is 0. The molecule has 0 heterocycles. The lowest BCUT2D eigenvalue weighted by molar-refractivity contribution is 0.873. The highest BCUT2D eigenvalue weighted by Gasteiger charge is 2.01. The van der Waals surface area contributed by atoms with Crippen molar-refractivity contribution in [3.8, 4) is 0 Å². The third-order valence-corrected chi connectivity index (χ3v) is 3.43. The van der Waals surface area contributed by atoms with E-state index in [0.717, 1.165) is 18.7 Å². The molecule has 2 aromatic carbocycles. The zero-order chi connectivity index (χ0) is 14.4. The van der Waals surface area contributed by atoms with Crippen LogP contribution in [0.25, 0.3) is 0 Å². The molecule has 20 heavy (non-hydrogen) atoms. The number of nitrogens with one attached hydrogen (secondary N) is 2. The second-order valence-electron chi connectivity index (χ2n) is 4.93. The third kappa shape index (κ3) is 4.35. The standard InChI is InChI=1S/C17H20N2S/c1-13-8-9-14(2)16(12-13)19-17(20)18-11-10-15-6-4-3-5-7-15/h3-9,12H,10-11H2,1-2H3,(H2,18,19,20). The molecule has 0 saturated carbocycles. The maximum atomic E-state index is 5.33. The second-order valence-corrected chi connectivity index (χ2v) is 5.34. The van der Waals surface area contributed by atoms with Crippen molar-refractivity contribution in [1.82, 2.24) is 5.32 Å². The molecule has 2 rings (SSSR count). The lowest BCUT2D eigenvalue weighted by atomic mass is 10.1. The highest BCUT2D eigenvalue weighted by molar-refractivity contribution is 7.80. The van der Waals surface area contributed by atoms with E-state index in [4.69, 9.17) is 12.2 Å². The van der Waals surface area contributed by atoms with Gasteiger partial charge in [-0.05, 0) is 55.2 Å². The molecule has 0 aliphatic rings. The average Bonchev–Trinajstić information content (AvgIpc) is 2.44. The van der Waals surface area contributed by atoms with E-state index < -0.39 is 0 Å². The molecular weight excluding hydrogens is 264 g/mol. The highest BCUT2D eigenvalue weighted by atomic mass is 32.1. The maximum absolute atomic E-state index is 5.33. The molecule has 104 valence electrons. The van der Waals surface area contributed by atoms with Crippen LogP contribution in [-0.4, -0.2) is 11.7 Å². The van der Waals surface area contributed by atoms with Crippen molar-refractivity contribution in [2.24, 2.45) is 0 Å². The molecule has 0 bridgehead atoms. The lowest BCUT2D eigenvalue weighted by Gasteiger charge is -2.13. The maximum Gasteiger partial charge on any atom is 0.170 e. The molecule has 0 atom stereocenters. The van der Waals surface area contributed by atoms with Gasteiger partial charge in [-0.3, -0.25) is 0 Å². The van der Waals surface area contributed by atoms with Gasteiger partial charge in [0.15, 0.2) is 5.11 Å². The van der Waals surface area contributed by atoms with Crippen LogP contribution in [0.3, 0.4) is 0 Å². The Morgan fingerprint density at radius 2 is 1.80 bits per heavy atom. The van der Waals surface area contributed by atoms with Gasteiger partial charge < -0.3 is 10.6 Å². The molecule has 3 heteroatoms. The van der Waals surface area contributed by atoms with Crippen LogP contribution >= 0.6 is 12.2 Å². The Balaban J connectivity index is 1.82. The first-order chi connectivity index (χ1) is 9.65. The van der Waals surface area contributed by atoms with Crippen LogP contribution in [0.4, 0.5) is 5.69 Å². The SMILES string of the molecule is Cc1ccc(C)c(NC(=S)NCCc2ccccc2)c1. The average molecular weight is 284 g/mol. The van der Waals surface area contributed by atoms with Gasteiger partial charge in [-0.15, -0.1) is 0 Å². The van der Waals surface area contributed by atoms with Crippen LogP contribution in [0.5, 0.6) is 0 Å². The predicted molar refractivity (Wildman–Crippen MR) is 90.3 cm³/mol. The smallest absolute Gasteiger partial charge is 0.170 e. The summed E-state index contributed by atoms with van der Waals surface area (Å²) in [6, 6.07) is 16.7. The number of benzene rings is 2. The van der Waals surface area contributed by atoms with E-state index in [1.54, 1.807) is 0 Å². The van der Waals surface area contributed by atoms with E-state index in [0.29, 0.717) is 5.11 Å². The summed E-state index contributed by atoms with van der Waals surface area (Å²) in [4.78, 5) is 0. The number of aryl methyl sites for hydroxylation is 2. The zero-order valence-electron chi connectivity index (χ0n) is 11.9. The highest BCUT2D eigenvalue weighted by Crippen LogP contribution is 2.16. The Morgan fingerprint density at radius 3 is 2.55 bits per heavy atom. The van der Waals surface area contributed by atoms with E-state index in [9.17, 15) is 0 Å². The monoisotopic (exact) mass is 284 g/mol. The lowest BCUT2D eigenvalue weighted by Crippen LogP contribution is -2.30. The van der Waals surface area contributed by atoms with Crippen LogP contribution < -0.4 is 10.6 Å². The fourth-order valence-corrected chi connectivity index (χ4v) is 2.21. The summed E-state index contributed by atoms with van der Waals surface area (Å²) >= 11 is 5.33. The minimum atomic E-state index is 0.676. The first-order valence-electron chi connectivity index (χ1n) is 6.81. The van der Waals surface area contributed by atoms with Crippen LogP contribution in [0.1, 0.15) is 16.7 Å². The van der Waals surface area contributed by atoms with Gasteiger partial charge in [-0.2, -0.15) is 0 Å². The molecule has 0 saturated heterocycles. The quantitative estimate of drug-likeness (QED) is 0.834. The van der Waals surface area contributed by atoms with Crippen LogP contribution in [-0.2, 0) is 6.42 Å². The van der Waals surface area contributed by atoms with Crippen molar-refractivity contribution in [3.63, 3.8) is 0 Å². The molecule has 2 N–H and O–H groups in total. The molecule has 0 aliphatic heterocycles. The van der Waals surface area contributed by atoms with Gasteiger partial charge in [0.25, 0.3) is 0 Å². The molecule has 2 nitrogen and oxygen atoms in total. The third-order valence-electron chi connectivity index (χ3n) is 3.18. The van der Waals surface area contributed by atoms with Crippen molar-refractivity contribution in [2.45, 2.75) is 20.3 Å². The normalized spacial score (nSPS) is 10.1. The molecular formula is C17H20N2S. The number of hydrogen-bond acceptors (Lipinski definition) is 1. The van der Waals surface area contributed by atoms with Gasteiger partial charge in [0, 0.05) is 12.2 Å². The van der Waals surface area contributed by atoms with Crippen LogP contribution in [0, 0.1) is 13.8 Å². The second kappa shape index (κ2) is 7.06. The molecule has 0 radical (unpaired) electrons. The van der Waals surface area contributed by atoms with Gasteiger partial charge in [0.1, 0.15) is 0 Å². The minimum absolute atomic E-state index is 0.676. The molecule has 0 unspecified atom stereocenters. The van der Waals surface area contributed by atoms with E-state index in [1.165, 1.54) is 16.7 Å². The Kier molecular flexibility index (Phi) is 5.13. The van der Waals surface area contributed by atoms with Gasteiger partial charge >= 0.3 is 0 Å². The minimum Gasteiger partial charge on any atom is -0.362 e. The van der Waals surface area contributed by atoms with Crippen molar-refractivity contribution in [1.29, 1.82) is 0 Å². The summed E-state index contributed by atoms with van der Waals surface area (Å²) in [7, 11) is 0.